The largest absolute Gasteiger partial charge is 0.377 e. The molecule has 2 atom stereocenters. The van der Waals surface area contributed by atoms with E-state index >= 15 is 0 Å². The SMILES string of the molecule is CC1SCCCC1(CN)Nc1cccc(F)c1. The Morgan fingerprint density at radius 3 is 3.06 bits per heavy atom. The lowest BCUT2D eigenvalue weighted by Gasteiger charge is -2.43. The van der Waals surface area contributed by atoms with Gasteiger partial charge >= 0.3 is 0 Å². The van der Waals surface area contributed by atoms with E-state index in [1.807, 2.05) is 17.8 Å². The van der Waals surface area contributed by atoms with E-state index in [9.17, 15) is 4.39 Å². The van der Waals surface area contributed by atoms with Crippen LogP contribution in [0.15, 0.2) is 24.3 Å². The van der Waals surface area contributed by atoms with Gasteiger partial charge in [0.15, 0.2) is 0 Å². The Kier molecular flexibility index (Phi) is 3.94. The van der Waals surface area contributed by atoms with Crippen LogP contribution >= 0.6 is 11.8 Å². The fourth-order valence-corrected chi connectivity index (χ4v) is 3.60. The van der Waals surface area contributed by atoms with Gasteiger partial charge in [-0.15, -0.1) is 0 Å². The van der Waals surface area contributed by atoms with E-state index in [-0.39, 0.29) is 11.4 Å². The highest BCUT2D eigenvalue weighted by Gasteiger charge is 2.37. The minimum Gasteiger partial charge on any atom is -0.377 e. The zero-order valence-electron chi connectivity index (χ0n) is 10.1. The summed E-state index contributed by atoms with van der Waals surface area (Å²) in [6.07, 6.45) is 2.21. The number of halogens is 1. The Bertz CT molecular complexity index is 385. The molecule has 2 rings (SSSR count). The molecule has 1 aliphatic heterocycles. The normalized spacial score (nSPS) is 29.0. The number of rotatable bonds is 3. The molecule has 2 unspecified atom stereocenters. The molecule has 1 aromatic rings. The third kappa shape index (κ3) is 2.75. The van der Waals surface area contributed by atoms with Crippen LogP contribution in [-0.4, -0.2) is 23.1 Å². The molecule has 0 saturated carbocycles. The molecule has 1 aromatic carbocycles. The number of benzene rings is 1. The Labute approximate surface area is 106 Å². The van der Waals surface area contributed by atoms with Crippen LogP contribution in [-0.2, 0) is 0 Å². The maximum absolute atomic E-state index is 13.2. The number of thioether (sulfide) groups is 1. The van der Waals surface area contributed by atoms with E-state index in [2.05, 4.69) is 12.2 Å². The quantitative estimate of drug-likeness (QED) is 0.871. The molecule has 17 heavy (non-hydrogen) atoms. The van der Waals surface area contributed by atoms with Crippen LogP contribution in [0.1, 0.15) is 19.8 Å². The van der Waals surface area contributed by atoms with E-state index in [1.54, 1.807) is 6.07 Å². The van der Waals surface area contributed by atoms with Crippen molar-refractivity contribution in [1.82, 2.24) is 0 Å². The molecule has 0 amide bonds. The van der Waals surface area contributed by atoms with Gasteiger partial charge in [0.05, 0.1) is 5.54 Å². The third-order valence-electron chi connectivity index (χ3n) is 3.50. The zero-order chi connectivity index (χ0) is 12.3. The topological polar surface area (TPSA) is 38.0 Å². The Morgan fingerprint density at radius 1 is 1.59 bits per heavy atom. The van der Waals surface area contributed by atoms with E-state index < -0.39 is 0 Å². The molecule has 0 bridgehead atoms. The molecular weight excluding hydrogens is 235 g/mol. The minimum atomic E-state index is -0.210. The van der Waals surface area contributed by atoms with Gasteiger partial charge in [0.2, 0.25) is 0 Å². The van der Waals surface area contributed by atoms with Crippen molar-refractivity contribution in [2.24, 2.45) is 5.73 Å². The van der Waals surface area contributed by atoms with E-state index in [4.69, 9.17) is 5.73 Å². The van der Waals surface area contributed by atoms with Gasteiger partial charge in [-0.2, -0.15) is 11.8 Å². The smallest absolute Gasteiger partial charge is 0.125 e. The number of hydrogen-bond donors (Lipinski definition) is 2. The monoisotopic (exact) mass is 254 g/mol. The summed E-state index contributed by atoms with van der Waals surface area (Å²) < 4.78 is 13.2. The maximum atomic E-state index is 13.2. The van der Waals surface area contributed by atoms with Crippen molar-refractivity contribution in [2.75, 3.05) is 17.6 Å². The molecule has 1 heterocycles. The average Bonchev–Trinajstić information content (AvgIpc) is 2.32. The average molecular weight is 254 g/mol. The molecule has 1 saturated heterocycles. The number of nitrogens with two attached hydrogens (primary N) is 1. The molecule has 2 nitrogen and oxygen atoms in total. The Balaban J connectivity index is 2.18. The van der Waals surface area contributed by atoms with Gasteiger partial charge in [-0.05, 0) is 36.8 Å². The number of anilines is 1. The van der Waals surface area contributed by atoms with Crippen LogP contribution < -0.4 is 11.1 Å². The van der Waals surface area contributed by atoms with E-state index in [0.717, 1.165) is 18.5 Å². The van der Waals surface area contributed by atoms with Crippen molar-refractivity contribution in [1.29, 1.82) is 0 Å². The minimum absolute atomic E-state index is 0.100. The second-order valence-corrected chi connectivity index (χ2v) is 6.06. The van der Waals surface area contributed by atoms with Gasteiger partial charge in [-0.1, -0.05) is 13.0 Å². The maximum Gasteiger partial charge on any atom is 0.125 e. The summed E-state index contributed by atoms with van der Waals surface area (Å²) in [7, 11) is 0. The van der Waals surface area contributed by atoms with E-state index in [0.29, 0.717) is 11.8 Å². The number of nitrogens with one attached hydrogen (secondary N) is 1. The summed E-state index contributed by atoms with van der Waals surface area (Å²) in [5, 5.41) is 3.90. The van der Waals surface area contributed by atoms with Crippen molar-refractivity contribution >= 4 is 17.4 Å². The van der Waals surface area contributed by atoms with E-state index in [1.165, 1.54) is 17.9 Å². The molecule has 0 aromatic heterocycles. The van der Waals surface area contributed by atoms with Crippen LogP contribution in [0.3, 0.4) is 0 Å². The summed E-state index contributed by atoms with van der Waals surface area (Å²) in [5.41, 5.74) is 6.67. The molecule has 0 radical (unpaired) electrons. The van der Waals surface area contributed by atoms with Crippen molar-refractivity contribution in [3.05, 3.63) is 30.1 Å². The Morgan fingerprint density at radius 2 is 2.41 bits per heavy atom. The van der Waals surface area contributed by atoms with Crippen LogP contribution in [0.4, 0.5) is 10.1 Å². The predicted molar refractivity (Wildman–Crippen MR) is 73.0 cm³/mol. The first-order chi connectivity index (χ1) is 8.16. The molecule has 94 valence electrons. The molecule has 1 fully saturated rings. The molecule has 0 aliphatic carbocycles. The fourth-order valence-electron chi connectivity index (χ4n) is 2.35. The van der Waals surface area contributed by atoms with Crippen LogP contribution in [0.2, 0.25) is 0 Å². The van der Waals surface area contributed by atoms with Gasteiger partial charge < -0.3 is 11.1 Å². The zero-order valence-corrected chi connectivity index (χ0v) is 10.9. The first kappa shape index (κ1) is 12.7. The lowest BCUT2D eigenvalue weighted by Crippen LogP contribution is -2.54. The lowest BCUT2D eigenvalue weighted by molar-refractivity contribution is 0.422. The summed E-state index contributed by atoms with van der Waals surface area (Å²) >= 11 is 1.94. The first-order valence-corrected chi connectivity index (χ1v) is 7.06. The van der Waals surface area contributed by atoms with Crippen molar-refractivity contribution in [3.8, 4) is 0 Å². The summed E-state index contributed by atoms with van der Waals surface area (Å²) in [4.78, 5) is 0. The highest BCUT2D eigenvalue weighted by molar-refractivity contribution is 8.00. The molecule has 0 spiro atoms. The second kappa shape index (κ2) is 5.27. The molecule has 4 heteroatoms. The predicted octanol–water partition coefficient (Wildman–Crippen LogP) is 2.85. The summed E-state index contributed by atoms with van der Waals surface area (Å²) in [6.45, 7) is 2.78. The third-order valence-corrected chi connectivity index (χ3v) is 4.97. The highest BCUT2D eigenvalue weighted by Crippen LogP contribution is 2.36. The Hall–Kier alpha value is -0.740. The second-order valence-electron chi connectivity index (χ2n) is 4.61. The summed E-state index contributed by atoms with van der Waals surface area (Å²) in [6, 6.07) is 6.61. The van der Waals surface area contributed by atoms with Crippen LogP contribution in [0.5, 0.6) is 0 Å². The van der Waals surface area contributed by atoms with Gasteiger partial charge in [0, 0.05) is 17.5 Å². The van der Waals surface area contributed by atoms with Crippen molar-refractivity contribution in [2.45, 2.75) is 30.6 Å². The van der Waals surface area contributed by atoms with Crippen molar-refractivity contribution < 1.29 is 4.39 Å². The molecule has 3 N–H and O–H groups in total. The highest BCUT2D eigenvalue weighted by atomic mass is 32.2. The first-order valence-electron chi connectivity index (χ1n) is 6.02. The molecule has 1 aliphatic rings. The number of hydrogen-bond acceptors (Lipinski definition) is 3. The summed E-state index contributed by atoms with van der Waals surface area (Å²) in [5.74, 6) is 0.978. The van der Waals surface area contributed by atoms with Crippen LogP contribution in [0.25, 0.3) is 0 Å². The fraction of sp³-hybridized carbons (Fsp3) is 0.538. The standard InChI is InChI=1S/C13H19FN2S/c1-10-13(9-15,6-3-7-17-10)16-12-5-2-4-11(14)8-12/h2,4-5,8,10,16H,3,6-7,9,15H2,1H3. The van der Waals surface area contributed by atoms with Gasteiger partial charge in [0.1, 0.15) is 5.82 Å². The van der Waals surface area contributed by atoms with Gasteiger partial charge in [-0.25, -0.2) is 4.39 Å². The van der Waals surface area contributed by atoms with Crippen molar-refractivity contribution in [3.63, 3.8) is 0 Å². The molecular formula is C13H19FN2S. The van der Waals surface area contributed by atoms with Crippen LogP contribution in [0, 0.1) is 5.82 Å². The lowest BCUT2D eigenvalue weighted by atomic mass is 9.89. The van der Waals surface area contributed by atoms with Gasteiger partial charge in [0.25, 0.3) is 0 Å². The van der Waals surface area contributed by atoms with Gasteiger partial charge in [-0.3, -0.25) is 0 Å².